The smallest absolute Gasteiger partial charge is 0.0372 e. The number of nitrogens with zero attached hydrogens (tertiary/aromatic N) is 1. The third kappa shape index (κ3) is 2.55. The van der Waals surface area contributed by atoms with Crippen molar-refractivity contribution in [1.29, 1.82) is 0 Å². The molecular weight excluding hydrogens is 172 g/mol. The van der Waals surface area contributed by atoms with Gasteiger partial charge in [0.2, 0.25) is 0 Å². The largest absolute Gasteiger partial charge is 0.325 e. The molecule has 0 saturated heterocycles. The minimum atomic E-state index is 0.206. The van der Waals surface area contributed by atoms with Crippen molar-refractivity contribution in [3.63, 3.8) is 0 Å². The molecule has 76 valence electrons. The molecular formula is C12H18N2. The first-order chi connectivity index (χ1) is 6.68. The van der Waals surface area contributed by atoms with Crippen LogP contribution in [0.25, 0.3) is 0 Å². The normalized spacial score (nSPS) is 18.1. The SMILES string of the molecule is Cc1ccc(CCCC2(N)CC2)cn1. The topological polar surface area (TPSA) is 38.9 Å². The van der Waals surface area contributed by atoms with E-state index in [1.807, 2.05) is 13.1 Å². The molecule has 1 aliphatic rings. The Kier molecular flexibility index (Phi) is 2.55. The second-order valence-corrected chi connectivity index (χ2v) is 4.52. The number of aromatic nitrogens is 1. The molecule has 2 N–H and O–H groups in total. The van der Waals surface area contributed by atoms with E-state index < -0.39 is 0 Å². The Morgan fingerprint density at radius 1 is 1.43 bits per heavy atom. The highest BCUT2D eigenvalue weighted by atomic mass is 14.8. The summed E-state index contributed by atoms with van der Waals surface area (Å²) in [6, 6.07) is 4.24. The average molecular weight is 190 g/mol. The fourth-order valence-corrected chi connectivity index (χ4v) is 1.70. The van der Waals surface area contributed by atoms with Gasteiger partial charge in [0.15, 0.2) is 0 Å². The number of hydrogen-bond acceptors (Lipinski definition) is 2. The Labute approximate surface area is 85.5 Å². The zero-order valence-corrected chi connectivity index (χ0v) is 8.79. The molecule has 0 unspecified atom stereocenters. The molecule has 2 nitrogen and oxygen atoms in total. The van der Waals surface area contributed by atoms with Gasteiger partial charge in [0.05, 0.1) is 0 Å². The van der Waals surface area contributed by atoms with Gasteiger partial charge in [-0.2, -0.15) is 0 Å². The van der Waals surface area contributed by atoms with Crippen molar-refractivity contribution in [3.8, 4) is 0 Å². The van der Waals surface area contributed by atoms with Gasteiger partial charge < -0.3 is 5.73 Å². The lowest BCUT2D eigenvalue weighted by Gasteiger charge is -2.07. The molecule has 1 saturated carbocycles. The minimum Gasteiger partial charge on any atom is -0.325 e. The maximum Gasteiger partial charge on any atom is 0.0372 e. The Bertz CT molecular complexity index is 299. The average Bonchev–Trinajstić information content (AvgIpc) is 2.88. The van der Waals surface area contributed by atoms with Gasteiger partial charge >= 0.3 is 0 Å². The summed E-state index contributed by atoms with van der Waals surface area (Å²) in [6.45, 7) is 2.02. The Hall–Kier alpha value is -0.890. The fraction of sp³-hybridized carbons (Fsp3) is 0.583. The third-order valence-electron chi connectivity index (χ3n) is 3.00. The minimum absolute atomic E-state index is 0.206. The van der Waals surface area contributed by atoms with Gasteiger partial charge in [-0.1, -0.05) is 6.07 Å². The summed E-state index contributed by atoms with van der Waals surface area (Å²) in [4.78, 5) is 4.28. The molecule has 0 radical (unpaired) electrons. The van der Waals surface area contributed by atoms with E-state index in [4.69, 9.17) is 5.73 Å². The first-order valence-corrected chi connectivity index (χ1v) is 5.38. The highest BCUT2D eigenvalue weighted by Gasteiger charge is 2.36. The fourth-order valence-electron chi connectivity index (χ4n) is 1.70. The van der Waals surface area contributed by atoms with Gasteiger partial charge in [-0.15, -0.1) is 0 Å². The summed E-state index contributed by atoms with van der Waals surface area (Å²) in [5, 5.41) is 0. The number of hydrogen-bond donors (Lipinski definition) is 1. The molecule has 1 aliphatic carbocycles. The summed E-state index contributed by atoms with van der Waals surface area (Å²) in [6.07, 6.45) is 7.90. The molecule has 1 heterocycles. The Morgan fingerprint density at radius 2 is 2.21 bits per heavy atom. The van der Waals surface area contributed by atoms with Crippen LogP contribution in [-0.4, -0.2) is 10.5 Å². The third-order valence-corrected chi connectivity index (χ3v) is 3.00. The van der Waals surface area contributed by atoms with Gasteiger partial charge in [0.1, 0.15) is 0 Å². The van der Waals surface area contributed by atoms with Crippen molar-refractivity contribution in [3.05, 3.63) is 29.6 Å². The van der Waals surface area contributed by atoms with Crippen LogP contribution in [0.4, 0.5) is 0 Å². The molecule has 0 aliphatic heterocycles. The summed E-state index contributed by atoms with van der Waals surface area (Å²) in [5.74, 6) is 0. The first-order valence-electron chi connectivity index (χ1n) is 5.38. The van der Waals surface area contributed by atoms with Crippen molar-refractivity contribution >= 4 is 0 Å². The van der Waals surface area contributed by atoms with Gasteiger partial charge in [-0.05, 0) is 50.7 Å². The van der Waals surface area contributed by atoms with E-state index in [1.54, 1.807) is 0 Å². The molecule has 14 heavy (non-hydrogen) atoms. The van der Waals surface area contributed by atoms with Gasteiger partial charge in [-0.25, -0.2) is 0 Å². The van der Waals surface area contributed by atoms with E-state index in [2.05, 4.69) is 17.1 Å². The molecule has 2 rings (SSSR count). The quantitative estimate of drug-likeness (QED) is 0.790. The van der Waals surface area contributed by atoms with Crippen LogP contribution in [0.1, 0.15) is 36.9 Å². The highest BCUT2D eigenvalue weighted by Crippen LogP contribution is 2.36. The number of rotatable bonds is 4. The maximum atomic E-state index is 6.02. The van der Waals surface area contributed by atoms with Gasteiger partial charge in [0, 0.05) is 17.4 Å². The van der Waals surface area contributed by atoms with Crippen LogP contribution in [0.2, 0.25) is 0 Å². The maximum absolute atomic E-state index is 6.02. The lowest BCUT2D eigenvalue weighted by Crippen LogP contribution is -2.21. The van der Waals surface area contributed by atoms with Crippen LogP contribution in [0.5, 0.6) is 0 Å². The standard InChI is InChI=1S/C12H18N2/c1-10-4-5-11(9-14-10)3-2-6-12(13)7-8-12/h4-5,9H,2-3,6-8,13H2,1H3. The van der Waals surface area contributed by atoms with E-state index in [0.29, 0.717) is 0 Å². The zero-order valence-electron chi connectivity index (χ0n) is 8.79. The molecule has 0 spiro atoms. The summed E-state index contributed by atoms with van der Waals surface area (Å²) >= 11 is 0. The summed E-state index contributed by atoms with van der Waals surface area (Å²) in [7, 11) is 0. The summed E-state index contributed by atoms with van der Waals surface area (Å²) < 4.78 is 0. The van der Waals surface area contributed by atoms with E-state index in [-0.39, 0.29) is 5.54 Å². The number of pyridine rings is 1. The van der Waals surface area contributed by atoms with Crippen molar-refractivity contribution in [2.45, 2.75) is 44.6 Å². The molecule has 1 aromatic rings. The number of aryl methyl sites for hydroxylation is 2. The van der Waals surface area contributed by atoms with Crippen molar-refractivity contribution in [2.24, 2.45) is 5.73 Å². The van der Waals surface area contributed by atoms with E-state index in [1.165, 1.54) is 31.2 Å². The molecule has 1 aromatic heterocycles. The van der Waals surface area contributed by atoms with Crippen LogP contribution in [0.15, 0.2) is 18.3 Å². The van der Waals surface area contributed by atoms with Crippen LogP contribution in [-0.2, 0) is 6.42 Å². The van der Waals surface area contributed by atoms with Crippen LogP contribution < -0.4 is 5.73 Å². The lowest BCUT2D eigenvalue weighted by atomic mass is 10.1. The highest BCUT2D eigenvalue weighted by molar-refractivity contribution is 5.13. The van der Waals surface area contributed by atoms with E-state index in [9.17, 15) is 0 Å². The molecule has 0 atom stereocenters. The van der Waals surface area contributed by atoms with Crippen LogP contribution in [0, 0.1) is 6.92 Å². The van der Waals surface area contributed by atoms with Crippen molar-refractivity contribution < 1.29 is 0 Å². The van der Waals surface area contributed by atoms with Crippen LogP contribution >= 0.6 is 0 Å². The molecule has 0 bridgehead atoms. The molecule has 2 heteroatoms. The van der Waals surface area contributed by atoms with E-state index in [0.717, 1.165) is 12.1 Å². The molecule has 0 aromatic carbocycles. The predicted molar refractivity (Wildman–Crippen MR) is 58.1 cm³/mol. The van der Waals surface area contributed by atoms with Gasteiger partial charge in [-0.3, -0.25) is 4.98 Å². The Balaban J connectivity index is 1.77. The summed E-state index contributed by atoms with van der Waals surface area (Å²) in [5.41, 5.74) is 8.65. The molecule has 1 fully saturated rings. The van der Waals surface area contributed by atoms with E-state index >= 15 is 0 Å². The zero-order chi connectivity index (χ0) is 10.0. The molecule has 0 amide bonds. The number of nitrogens with two attached hydrogens (primary N) is 1. The first kappa shape index (κ1) is 9.66. The van der Waals surface area contributed by atoms with Crippen LogP contribution in [0.3, 0.4) is 0 Å². The lowest BCUT2D eigenvalue weighted by molar-refractivity contribution is 0.575. The van der Waals surface area contributed by atoms with Crippen molar-refractivity contribution in [1.82, 2.24) is 4.98 Å². The Morgan fingerprint density at radius 3 is 2.79 bits per heavy atom. The van der Waals surface area contributed by atoms with Crippen molar-refractivity contribution in [2.75, 3.05) is 0 Å². The second-order valence-electron chi connectivity index (χ2n) is 4.52. The second kappa shape index (κ2) is 3.70. The monoisotopic (exact) mass is 190 g/mol. The predicted octanol–water partition coefficient (Wildman–Crippen LogP) is 2.20. The van der Waals surface area contributed by atoms with Gasteiger partial charge in [0.25, 0.3) is 0 Å².